The van der Waals surface area contributed by atoms with Gasteiger partial charge in [0.05, 0.1) is 16.9 Å². The van der Waals surface area contributed by atoms with Crippen LogP contribution >= 0.6 is 11.3 Å². The number of nitrogens with one attached hydrogen (secondary N) is 1. The van der Waals surface area contributed by atoms with E-state index in [1.165, 1.54) is 12.1 Å². The molecule has 4 aromatic rings. The molecular weight excluding hydrogens is 415 g/mol. The Kier molecular flexibility index (Phi) is 5.16. The van der Waals surface area contributed by atoms with Crippen LogP contribution in [0.5, 0.6) is 0 Å². The third-order valence-electron chi connectivity index (χ3n) is 5.02. The maximum atomic E-state index is 14.1. The first-order valence-electron chi connectivity index (χ1n) is 9.43. The van der Waals surface area contributed by atoms with Crippen LogP contribution in [0.1, 0.15) is 31.3 Å². The van der Waals surface area contributed by atoms with Crippen molar-refractivity contribution in [3.8, 4) is 11.1 Å². The van der Waals surface area contributed by atoms with Gasteiger partial charge in [0.25, 0.3) is 11.8 Å². The van der Waals surface area contributed by atoms with Gasteiger partial charge in [0, 0.05) is 16.6 Å². The molecule has 0 spiro atoms. The Morgan fingerprint density at radius 1 is 1.10 bits per heavy atom. The molecule has 6 nitrogen and oxygen atoms in total. The second-order valence-corrected chi connectivity index (χ2v) is 8.11. The molecule has 8 heteroatoms. The highest BCUT2D eigenvalue weighted by Crippen LogP contribution is 2.42. The zero-order valence-electron chi connectivity index (χ0n) is 16.8. The summed E-state index contributed by atoms with van der Waals surface area (Å²) in [6, 6.07) is 13.2. The lowest BCUT2D eigenvalue weighted by molar-refractivity contribution is 0.100. The summed E-state index contributed by atoms with van der Waals surface area (Å²) < 4.78 is 14.1. The Balaban J connectivity index is 2.02. The molecule has 0 unspecified atom stereocenters. The lowest BCUT2D eigenvalue weighted by atomic mass is 9.94. The zero-order chi connectivity index (χ0) is 22.3. The summed E-state index contributed by atoms with van der Waals surface area (Å²) in [5.74, 6) is -1.56. The highest BCUT2D eigenvalue weighted by atomic mass is 32.1. The Morgan fingerprint density at radius 2 is 1.84 bits per heavy atom. The number of aromatic nitrogens is 1. The molecule has 2 aromatic carbocycles. The number of carbonyl (C=O) groups is 2. The first-order chi connectivity index (χ1) is 14.8. The number of benzene rings is 2. The number of nitrogens with zero attached hydrogens (tertiary/aromatic N) is 1. The minimum Gasteiger partial charge on any atom is -0.397 e. The zero-order valence-corrected chi connectivity index (χ0v) is 17.6. The number of thiophene rings is 1. The third-order valence-corrected chi connectivity index (χ3v) is 6.13. The second kappa shape index (κ2) is 7.81. The maximum absolute atomic E-state index is 14.1. The number of nitrogens with two attached hydrogens (primary N) is 2. The number of halogens is 1. The van der Waals surface area contributed by atoms with Crippen LogP contribution in [0.15, 0.2) is 48.5 Å². The van der Waals surface area contributed by atoms with Crippen molar-refractivity contribution in [3.63, 3.8) is 0 Å². The van der Waals surface area contributed by atoms with Crippen LogP contribution in [0.4, 0.5) is 15.8 Å². The highest BCUT2D eigenvalue weighted by molar-refractivity contribution is 7.21. The van der Waals surface area contributed by atoms with Gasteiger partial charge in [0.2, 0.25) is 0 Å². The Labute approximate surface area is 181 Å². The predicted octanol–water partition coefficient (Wildman–Crippen LogP) is 4.65. The number of amides is 2. The summed E-state index contributed by atoms with van der Waals surface area (Å²) in [6.07, 6.45) is 0. The fraction of sp³-hybridized carbons (Fsp3) is 0.0870. The van der Waals surface area contributed by atoms with Crippen molar-refractivity contribution < 1.29 is 14.0 Å². The molecule has 0 saturated heterocycles. The molecule has 2 aromatic heterocycles. The van der Waals surface area contributed by atoms with Crippen LogP contribution in [-0.2, 0) is 0 Å². The maximum Gasteiger partial charge on any atom is 0.260 e. The highest BCUT2D eigenvalue weighted by Gasteiger charge is 2.26. The van der Waals surface area contributed by atoms with Gasteiger partial charge in [-0.05, 0) is 43.2 Å². The minimum absolute atomic E-state index is 0.129. The van der Waals surface area contributed by atoms with Crippen molar-refractivity contribution in [2.75, 3.05) is 11.1 Å². The van der Waals surface area contributed by atoms with E-state index in [-0.39, 0.29) is 16.1 Å². The van der Waals surface area contributed by atoms with Crippen LogP contribution in [0.2, 0.25) is 0 Å². The molecule has 5 N–H and O–H groups in total. The fourth-order valence-electron chi connectivity index (χ4n) is 3.56. The normalized spacial score (nSPS) is 10.9. The molecule has 0 aliphatic carbocycles. The van der Waals surface area contributed by atoms with Crippen molar-refractivity contribution in [3.05, 3.63) is 76.0 Å². The minimum atomic E-state index is -0.686. The van der Waals surface area contributed by atoms with E-state index in [4.69, 9.17) is 11.5 Å². The van der Waals surface area contributed by atoms with Gasteiger partial charge in [-0.3, -0.25) is 9.59 Å². The van der Waals surface area contributed by atoms with Gasteiger partial charge in [-0.25, -0.2) is 9.37 Å². The number of hydrogen-bond acceptors (Lipinski definition) is 5. The van der Waals surface area contributed by atoms with Gasteiger partial charge in [0.15, 0.2) is 0 Å². The van der Waals surface area contributed by atoms with E-state index in [0.29, 0.717) is 32.7 Å². The summed E-state index contributed by atoms with van der Waals surface area (Å²) >= 11 is 1.05. The van der Waals surface area contributed by atoms with Gasteiger partial charge in [-0.2, -0.15) is 0 Å². The van der Waals surface area contributed by atoms with E-state index in [1.54, 1.807) is 25.1 Å². The molecule has 0 atom stereocenters. The molecule has 0 aliphatic heterocycles. The number of anilines is 2. The van der Waals surface area contributed by atoms with Crippen LogP contribution in [0.3, 0.4) is 0 Å². The Hall–Kier alpha value is -3.78. The number of rotatable bonds is 4. The molecule has 31 heavy (non-hydrogen) atoms. The number of aryl methyl sites for hydroxylation is 2. The van der Waals surface area contributed by atoms with E-state index in [2.05, 4.69) is 10.3 Å². The van der Waals surface area contributed by atoms with Crippen molar-refractivity contribution >= 4 is 44.7 Å². The Morgan fingerprint density at radius 3 is 2.52 bits per heavy atom. The van der Waals surface area contributed by atoms with E-state index < -0.39 is 17.6 Å². The van der Waals surface area contributed by atoms with Crippen molar-refractivity contribution in [1.29, 1.82) is 0 Å². The van der Waals surface area contributed by atoms with E-state index in [1.807, 2.05) is 25.1 Å². The van der Waals surface area contributed by atoms with E-state index >= 15 is 0 Å². The van der Waals surface area contributed by atoms with Crippen LogP contribution in [0, 0.1) is 19.7 Å². The average Bonchev–Trinajstić information content (AvgIpc) is 3.05. The molecule has 0 saturated carbocycles. The quantitative estimate of drug-likeness (QED) is 0.434. The predicted molar refractivity (Wildman–Crippen MR) is 122 cm³/mol. The molecule has 0 radical (unpaired) electrons. The SMILES string of the molecule is Cc1ccccc1NC(=O)c1c(C)nc2sc(C(N)=O)c(N)c2c1-c1cccc(F)c1. The van der Waals surface area contributed by atoms with Crippen LogP contribution in [0.25, 0.3) is 21.3 Å². The molecule has 2 heterocycles. The molecule has 156 valence electrons. The van der Waals surface area contributed by atoms with E-state index in [9.17, 15) is 14.0 Å². The summed E-state index contributed by atoms with van der Waals surface area (Å²) in [5, 5.41) is 3.31. The first kappa shape index (κ1) is 20.5. The topological polar surface area (TPSA) is 111 Å². The van der Waals surface area contributed by atoms with Gasteiger partial charge in [0.1, 0.15) is 15.5 Å². The second-order valence-electron chi connectivity index (χ2n) is 7.12. The third kappa shape index (κ3) is 3.62. The number of carbonyl (C=O) groups excluding carboxylic acids is 2. The lowest BCUT2D eigenvalue weighted by Crippen LogP contribution is -2.16. The number of pyridine rings is 1. The average molecular weight is 434 g/mol. The fourth-order valence-corrected chi connectivity index (χ4v) is 4.56. The Bertz CT molecular complexity index is 1360. The van der Waals surface area contributed by atoms with Gasteiger partial charge >= 0.3 is 0 Å². The number of fused-ring (bicyclic) bond motifs is 1. The van der Waals surface area contributed by atoms with Crippen LogP contribution < -0.4 is 16.8 Å². The van der Waals surface area contributed by atoms with Crippen molar-refractivity contribution in [1.82, 2.24) is 4.98 Å². The summed E-state index contributed by atoms with van der Waals surface area (Å²) in [4.78, 5) is 30.4. The molecular formula is C23H19FN4O2S. The number of primary amides is 1. The number of nitrogen functional groups attached to an aromatic ring is 1. The smallest absolute Gasteiger partial charge is 0.260 e. The molecule has 4 rings (SSSR count). The largest absolute Gasteiger partial charge is 0.397 e. The number of para-hydroxylation sites is 1. The lowest BCUT2D eigenvalue weighted by Gasteiger charge is -2.16. The van der Waals surface area contributed by atoms with Crippen molar-refractivity contribution in [2.24, 2.45) is 5.73 Å². The molecule has 0 bridgehead atoms. The van der Waals surface area contributed by atoms with Crippen LogP contribution in [-0.4, -0.2) is 16.8 Å². The first-order valence-corrected chi connectivity index (χ1v) is 10.2. The van der Waals surface area contributed by atoms with Crippen molar-refractivity contribution in [2.45, 2.75) is 13.8 Å². The summed E-state index contributed by atoms with van der Waals surface area (Å²) in [6.45, 7) is 3.57. The molecule has 2 amide bonds. The summed E-state index contributed by atoms with van der Waals surface area (Å²) in [7, 11) is 0. The van der Waals surface area contributed by atoms with Gasteiger partial charge in [-0.1, -0.05) is 30.3 Å². The molecule has 0 aliphatic rings. The van der Waals surface area contributed by atoms with Gasteiger partial charge < -0.3 is 16.8 Å². The van der Waals surface area contributed by atoms with E-state index in [0.717, 1.165) is 16.9 Å². The molecule has 0 fully saturated rings. The standard InChI is InChI=1S/C23H19FN4O2S/c1-11-6-3-4-9-15(11)28-22(30)16-12(2)27-23-18(19(25)20(31-23)21(26)29)17(16)13-7-5-8-14(24)10-13/h3-10H,25H2,1-2H3,(H2,26,29)(H,28,30). The monoisotopic (exact) mass is 434 g/mol. The summed E-state index contributed by atoms with van der Waals surface area (Å²) in [5.41, 5.74) is 14.9. The number of hydrogen-bond donors (Lipinski definition) is 3. The van der Waals surface area contributed by atoms with Gasteiger partial charge in [-0.15, -0.1) is 11.3 Å².